The summed E-state index contributed by atoms with van der Waals surface area (Å²) >= 11 is 3.47. The van der Waals surface area contributed by atoms with Crippen LogP contribution in [0.15, 0.2) is 53.0 Å². The van der Waals surface area contributed by atoms with Crippen molar-refractivity contribution in [2.24, 2.45) is 0 Å². The molecule has 0 aliphatic rings. The van der Waals surface area contributed by atoms with Gasteiger partial charge in [0.1, 0.15) is 0 Å². The van der Waals surface area contributed by atoms with Gasteiger partial charge in [0.25, 0.3) is 0 Å². The van der Waals surface area contributed by atoms with Crippen molar-refractivity contribution < 1.29 is 0 Å². The van der Waals surface area contributed by atoms with Gasteiger partial charge >= 0.3 is 0 Å². The lowest BCUT2D eigenvalue weighted by atomic mass is 10.0. The number of aryl methyl sites for hydroxylation is 1. The van der Waals surface area contributed by atoms with Crippen molar-refractivity contribution in [3.8, 4) is 0 Å². The second-order valence-corrected chi connectivity index (χ2v) is 6.45. The zero-order chi connectivity index (χ0) is 14.5. The number of hydrogen-bond acceptors (Lipinski definition) is 1. The van der Waals surface area contributed by atoms with Crippen molar-refractivity contribution in [2.75, 3.05) is 0 Å². The standard InChI is InChI=1S/C18H22BrN/c1-13-5-4-6-17(11-13)15(3)20-14(2)12-16-7-9-18(19)10-8-16/h4-11,14-15,20H,12H2,1-3H3/t14?,15-/m1/s1. The smallest absolute Gasteiger partial charge is 0.0294 e. The summed E-state index contributed by atoms with van der Waals surface area (Å²) < 4.78 is 1.13. The topological polar surface area (TPSA) is 12.0 Å². The Balaban J connectivity index is 1.93. The summed E-state index contributed by atoms with van der Waals surface area (Å²) in [4.78, 5) is 0. The molecule has 2 aromatic carbocycles. The van der Waals surface area contributed by atoms with Gasteiger partial charge in [-0.1, -0.05) is 57.9 Å². The average molecular weight is 332 g/mol. The van der Waals surface area contributed by atoms with Crippen LogP contribution in [0.1, 0.15) is 36.6 Å². The van der Waals surface area contributed by atoms with Crippen LogP contribution in [0, 0.1) is 6.92 Å². The van der Waals surface area contributed by atoms with Gasteiger partial charge in [0.2, 0.25) is 0 Å². The molecule has 2 atom stereocenters. The number of hydrogen-bond donors (Lipinski definition) is 1. The summed E-state index contributed by atoms with van der Waals surface area (Å²) in [5.74, 6) is 0. The van der Waals surface area contributed by atoms with E-state index in [-0.39, 0.29) is 0 Å². The normalized spacial score (nSPS) is 14.0. The van der Waals surface area contributed by atoms with E-state index in [9.17, 15) is 0 Å². The van der Waals surface area contributed by atoms with Gasteiger partial charge in [-0.15, -0.1) is 0 Å². The highest BCUT2D eigenvalue weighted by atomic mass is 79.9. The first-order chi connectivity index (χ1) is 9.54. The highest BCUT2D eigenvalue weighted by Gasteiger charge is 2.10. The van der Waals surface area contributed by atoms with Gasteiger partial charge in [0.05, 0.1) is 0 Å². The Labute approximate surface area is 130 Å². The van der Waals surface area contributed by atoms with Crippen LogP contribution in [0.4, 0.5) is 0 Å². The van der Waals surface area contributed by atoms with E-state index in [1.54, 1.807) is 0 Å². The average Bonchev–Trinajstić information content (AvgIpc) is 2.41. The molecule has 1 unspecified atom stereocenters. The Kier molecular flexibility index (Phi) is 5.38. The molecular weight excluding hydrogens is 310 g/mol. The van der Waals surface area contributed by atoms with Gasteiger partial charge in [-0.25, -0.2) is 0 Å². The molecule has 106 valence electrons. The molecule has 0 fully saturated rings. The summed E-state index contributed by atoms with van der Waals surface area (Å²) in [7, 11) is 0. The Morgan fingerprint density at radius 2 is 1.75 bits per heavy atom. The van der Waals surface area contributed by atoms with E-state index in [0.29, 0.717) is 12.1 Å². The van der Waals surface area contributed by atoms with Crippen molar-refractivity contribution in [2.45, 2.75) is 39.3 Å². The maximum absolute atomic E-state index is 3.67. The van der Waals surface area contributed by atoms with Gasteiger partial charge in [-0.2, -0.15) is 0 Å². The molecular formula is C18H22BrN. The van der Waals surface area contributed by atoms with Crippen molar-refractivity contribution in [3.05, 3.63) is 69.7 Å². The third-order valence-corrected chi connectivity index (χ3v) is 4.06. The first-order valence-electron chi connectivity index (χ1n) is 7.11. The summed E-state index contributed by atoms with van der Waals surface area (Å²) in [6, 6.07) is 18.1. The van der Waals surface area contributed by atoms with Crippen LogP contribution in [0.2, 0.25) is 0 Å². The third-order valence-electron chi connectivity index (χ3n) is 3.53. The molecule has 0 aliphatic carbocycles. The fourth-order valence-corrected chi connectivity index (χ4v) is 2.76. The summed E-state index contributed by atoms with van der Waals surface area (Å²) in [6.07, 6.45) is 1.05. The second kappa shape index (κ2) is 7.05. The molecule has 0 saturated heterocycles. The lowest BCUT2D eigenvalue weighted by Gasteiger charge is -2.21. The predicted octanol–water partition coefficient (Wildman–Crippen LogP) is 5.04. The van der Waals surface area contributed by atoms with E-state index in [1.165, 1.54) is 16.7 Å². The molecule has 0 radical (unpaired) electrons. The molecule has 2 rings (SSSR count). The lowest BCUT2D eigenvalue weighted by Crippen LogP contribution is -2.30. The Morgan fingerprint density at radius 1 is 1.05 bits per heavy atom. The van der Waals surface area contributed by atoms with Gasteiger partial charge in [-0.3, -0.25) is 0 Å². The molecule has 1 N–H and O–H groups in total. The van der Waals surface area contributed by atoms with Gasteiger partial charge in [0.15, 0.2) is 0 Å². The lowest BCUT2D eigenvalue weighted by molar-refractivity contribution is 0.477. The van der Waals surface area contributed by atoms with Crippen LogP contribution < -0.4 is 5.32 Å². The number of nitrogens with one attached hydrogen (secondary N) is 1. The molecule has 0 saturated carbocycles. The summed E-state index contributed by atoms with van der Waals surface area (Å²) in [5.41, 5.74) is 4.04. The van der Waals surface area contributed by atoms with Crippen LogP contribution in [-0.2, 0) is 6.42 Å². The van der Waals surface area contributed by atoms with E-state index in [2.05, 4.69) is 90.5 Å². The molecule has 0 heterocycles. The first kappa shape index (κ1) is 15.3. The molecule has 0 amide bonds. The van der Waals surface area contributed by atoms with Crippen LogP contribution in [0.3, 0.4) is 0 Å². The SMILES string of the molecule is Cc1cccc([C@@H](C)NC(C)Cc2ccc(Br)cc2)c1. The molecule has 0 aromatic heterocycles. The quantitative estimate of drug-likeness (QED) is 0.809. The highest BCUT2D eigenvalue weighted by molar-refractivity contribution is 9.10. The fourth-order valence-electron chi connectivity index (χ4n) is 2.50. The molecule has 2 heteroatoms. The minimum atomic E-state index is 0.375. The fraction of sp³-hybridized carbons (Fsp3) is 0.333. The van der Waals surface area contributed by atoms with E-state index in [0.717, 1.165) is 10.9 Å². The maximum atomic E-state index is 3.67. The van der Waals surface area contributed by atoms with Crippen LogP contribution >= 0.6 is 15.9 Å². The molecule has 0 aliphatic heterocycles. The Hall–Kier alpha value is -1.12. The van der Waals surface area contributed by atoms with E-state index >= 15 is 0 Å². The Bertz CT molecular complexity index is 548. The maximum Gasteiger partial charge on any atom is 0.0294 e. The first-order valence-corrected chi connectivity index (χ1v) is 7.91. The number of benzene rings is 2. The van der Waals surface area contributed by atoms with Gasteiger partial charge < -0.3 is 5.32 Å². The zero-order valence-electron chi connectivity index (χ0n) is 12.4. The van der Waals surface area contributed by atoms with E-state index in [1.807, 2.05) is 0 Å². The van der Waals surface area contributed by atoms with Crippen LogP contribution in [0.5, 0.6) is 0 Å². The number of rotatable bonds is 5. The molecule has 20 heavy (non-hydrogen) atoms. The third kappa shape index (κ3) is 4.46. The molecule has 0 bridgehead atoms. The zero-order valence-corrected chi connectivity index (χ0v) is 13.9. The molecule has 1 nitrogen and oxygen atoms in total. The van der Waals surface area contributed by atoms with Crippen molar-refractivity contribution in [1.29, 1.82) is 0 Å². The largest absolute Gasteiger partial charge is 0.307 e. The second-order valence-electron chi connectivity index (χ2n) is 5.53. The predicted molar refractivity (Wildman–Crippen MR) is 90.0 cm³/mol. The van der Waals surface area contributed by atoms with Crippen LogP contribution in [-0.4, -0.2) is 6.04 Å². The minimum absolute atomic E-state index is 0.375. The van der Waals surface area contributed by atoms with E-state index < -0.39 is 0 Å². The van der Waals surface area contributed by atoms with Crippen molar-refractivity contribution >= 4 is 15.9 Å². The van der Waals surface area contributed by atoms with Crippen LogP contribution in [0.25, 0.3) is 0 Å². The van der Waals surface area contributed by atoms with Gasteiger partial charge in [0, 0.05) is 16.6 Å². The Morgan fingerprint density at radius 3 is 2.40 bits per heavy atom. The molecule has 0 spiro atoms. The van der Waals surface area contributed by atoms with Crippen molar-refractivity contribution in [3.63, 3.8) is 0 Å². The number of halogens is 1. The molecule has 2 aromatic rings. The summed E-state index contributed by atoms with van der Waals surface area (Å²) in [5, 5.41) is 3.67. The van der Waals surface area contributed by atoms with Crippen molar-refractivity contribution in [1.82, 2.24) is 5.32 Å². The monoisotopic (exact) mass is 331 g/mol. The van der Waals surface area contributed by atoms with E-state index in [4.69, 9.17) is 0 Å². The van der Waals surface area contributed by atoms with Gasteiger partial charge in [-0.05, 0) is 50.5 Å². The summed E-state index contributed by atoms with van der Waals surface area (Å²) in [6.45, 7) is 6.61. The highest BCUT2D eigenvalue weighted by Crippen LogP contribution is 2.16. The minimum Gasteiger partial charge on any atom is -0.307 e.